The molecule has 2 aromatic carbocycles. The highest BCUT2D eigenvalue weighted by molar-refractivity contribution is 8.15. The number of anilines is 1. The predicted octanol–water partition coefficient (Wildman–Crippen LogP) is 5.25. The summed E-state index contributed by atoms with van der Waals surface area (Å²) in [7, 11) is 0. The lowest BCUT2D eigenvalue weighted by Crippen LogP contribution is -2.33. The second kappa shape index (κ2) is 10.6. The first-order chi connectivity index (χ1) is 15.7. The third kappa shape index (κ3) is 6.16. The Hall–Kier alpha value is -3.27. The van der Waals surface area contributed by atoms with Gasteiger partial charge < -0.3 is 10.1 Å². The topological polar surface area (TPSA) is 71.0 Å². The van der Waals surface area contributed by atoms with E-state index in [1.54, 1.807) is 24.3 Å². The molecule has 33 heavy (non-hydrogen) atoms. The molecule has 1 N–H and O–H groups in total. The Morgan fingerprint density at radius 3 is 2.58 bits per heavy atom. The third-order valence-corrected chi connectivity index (χ3v) is 5.76. The van der Waals surface area contributed by atoms with Crippen LogP contribution in [0.25, 0.3) is 0 Å². The van der Waals surface area contributed by atoms with Gasteiger partial charge in [-0.05, 0) is 43.3 Å². The lowest BCUT2D eigenvalue weighted by Gasteiger charge is -2.15. The highest BCUT2D eigenvalue weighted by Crippen LogP contribution is 2.36. The molecule has 3 rings (SSSR count). The summed E-state index contributed by atoms with van der Waals surface area (Å²) in [5.74, 6) is -0.365. The zero-order valence-electron chi connectivity index (χ0n) is 17.8. The Balaban J connectivity index is 1.74. The fourth-order valence-corrected chi connectivity index (χ4v) is 4.29. The van der Waals surface area contributed by atoms with Crippen molar-refractivity contribution >= 4 is 40.1 Å². The SMILES string of the molecule is C=CCN1C(=O)C(CC(=O)Nc2ccccc2C(F)(F)F)SC1=Nc1ccc(OCC)cc1. The molecule has 2 amide bonds. The van der Waals surface area contributed by atoms with E-state index in [-0.39, 0.29) is 24.6 Å². The van der Waals surface area contributed by atoms with Gasteiger partial charge in [0, 0.05) is 13.0 Å². The van der Waals surface area contributed by atoms with Gasteiger partial charge in [-0.3, -0.25) is 14.5 Å². The van der Waals surface area contributed by atoms with Crippen LogP contribution in [0.2, 0.25) is 0 Å². The number of rotatable bonds is 8. The molecule has 0 aliphatic carbocycles. The first kappa shape index (κ1) is 24.4. The molecule has 1 unspecified atom stereocenters. The lowest BCUT2D eigenvalue weighted by atomic mass is 10.1. The number of benzene rings is 2. The minimum Gasteiger partial charge on any atom is -0.494 e. The number of ether oxygens (including phenoxy) is 1. The fourth-order valence-electron chi connectivity index (χ4n) is 3.13. The molecule has 2 aromatic rings. The molecule has 1 saturated heterocycles. The third-order valence-electron chi connectivity index (χ3n) is 4.58. The van der Waals surface area contributed by atoms with Crippen LogP contribution < -0.4 is 10.1 Å². The zero-order chi connectivity index (χ0) is 24.0. The van der Waals surface area contributed by atoms with Gasteiger partial charge in [-0.2, -0.15) is 13.2 Å². The van der Waals surface area contributed by atoms with Crippen molar-refractivity contribution in [2.75, 3.05) is 18.5 Å². The van der Waals surface area contributed by atoms with E-state index in [1.807, 2.05) is 6.92 Å². The second-order valence-electron chi connectivity index (χ2n) is 6.96. The molecule has 1 atom stereocenters. The standard InChI is InChI=1S/C23H22F3N3O3S/c1-3-13-29-21(31)19(33-22(29)27-15-9-11-16(12-10-15)32-4-2)14-20(30)28-18-8-6-5-7-17(18)23(24,25)26/h3,5-12,19H,1,4,13-14H2,2H3,(H,28,30). The Labute approximate surface area is 193 Å². The summed E-state index contributed by atoms with van der Waals surface area (Å²) >= 11 is 1.09. The number of thioether (sulfide) groups is 1. The Morgan fingerprint density at radius 1 is 1.24 bits per heavy atom. The summed E-state index contributed by atoms with van der Waals surface area (Å²) in [6, 6.07) is 11.7. The molecule has 174 valence electrons. The maximum Gasteiger partial charge on any atom is 0.418 e. The van der Waals surface area contributed by atoms with Crippen LogP contribution in [-0.2, 0) is 15.8 Å². The van der Waals surface area contributed by atoms with Crippen molar-refractivity contribution in [1.29, 1.82) is 0 Å². The molecule has 1 aliphatic heterocycles. The predicted molar refractivity (Wildman–Crippen MR) is 123 cm³/mol. The molecule has 1 aliphatic rings. The van der Waals surface area contributed by atoms with Gasteiger partial charge in [0.1, 0.15) is 11.0 Å². The second-order valence-corrected chi connectivity index (χ2v) is 8.13. The molecular weight excluding hydrogens is 455 g/mol. The average molecular weight is 478 g/mol. The van der Waals surface area contributed by atoms with Crippen molar-refractivity contribution in [1.82, 2.24) is 4.90 Å². The van der Waals surface area contributed by atoms with Crippen LogP contribution >= 0.6 is 11.8 Å². The largest absolute Gasteiger partial charge is 0.494 e. The monoisotopic (exact) mass is 477 g/mol. The van der Waals surface area contributed by atoms with Gasteiger partial charge in [-0.1, -0.05) is 30.0 Å². The minimum absolute atomic E-state index is 0.191. The molecule has 1 heterocycles. The summed E-state index contributed by atoms with van der Waals surface area (Å²) in [6.45, 7) is 6.24. The first-order valence-corrected chi connectivity index (χ1v) is 11.0. The highest BCUT2D eigenvalue weighted by atomic mass is 32.2. The number of aliphatic imine (C=N–C) groups is 1. The Bertz CT molecular complexity index is 1050. The number of hydrogen-bond donors (Lipinski definition) is 1. The Morgan fingerprint density at radius 2 is 1.94 bits per heavy atom. The van der Waals surface area contributed by atoms with Crippen molar-refractivity contribution in [2.24, 2.45) is 4.99 Å². The number of carbonyl (C=O) groups is 2. The number of hydrogen-bond acceptors (Lipinski definition) is 5. The van der Waals surface area contributed by atoms with E-state index >= 15 is 0 Å². The van der Waals surface area contributed by atoms with E-state index in [4.69, 9.17) is 4.74 Å². The van der Waals surface area contributed by atoms with Crippen molar-refractivity contribution < 1.29 is 27.5 Å². The zero-order valence-corrected chi connectivity index (χ0v) is 18.6. The van der Waals surface area contributed by atoms with Crippen LogP contribution in [-0.4, -0.2) is 40.3 Å². The summed E-state index contributed by atoms with van der Waals surface area (Å²) < 4.78 is 44.9. The van der Waals surface area contributed by atoms with Crippen molar-refractivity contribution in [2.45, 2.75) is 24.8 Å². The van der Waals surface area contributed by atoms with Crippen LogP contribution in [0.4, 0.5) is 24.5 Å². The maximum atomic E-state index is 13.2. The summed E-state index contributed by atoms with van der Waals surface area (Å²) in [5, 5.41) is 1.85. The number of carbonyl (C=O) groups excluding carboxylic acids is 2. The number of alkyl halides is 3. The van der Waals surface area contributed by atoms with Crippen molar-refractivity contribution in [3.63, 3.8) is 0 Å². The molecule has 0 bridgehead atoms. The molecule has 0 saturated carbocycles. The Kier molecular flexibility index (Phi) is 7.80. The normalized spacial score (nSPS) is 17.3. The number of para-hydroxylation sites is 1. The first-order valence-electron chi connectivity index (χ1n) is 10.1. The maximum absolute atomic E-state index is 13.2. The van der Waals surface area contributed by atoms with Crippen LogP contribution in [0.15, 0.2) is 66.2 Å². The quantitative estimate of drug-likeness (QED) is 0.527. The van der Waals surface area contributed by atoms with Crippen LogP contribution in [0.3, 0.4) is 0 Å². The fraction of sp³-hybridized carbons (Fsp3) is 0.261. The number of amides is 2. The van der Waals surface area contributed by atoms with Crippen LogP contribution in [0.5, 0.6) is 5.75 Å². The number of halogens is 3. The number of nitrogens with one attached hydrogen (secondary N) is 1. The van der Waals surface area contributed by atoms with Gasteiger partial charge >= 0.3 is 6.18 Å². The van der Waals surface area contributed by atoms with Gasteiger partial charge in [-0.15, -0.1) is 6.58 Å². The van der Waals surface area contributed by atoms with E-state index < -0.39 is 22.9 Å². The molecule has 10 heteroatoms. The van der Waals surface area contributed by atoms with Gasteiger partial charge in [0.2, 0.25) is 11.8 Å². The van der Waals surface area contributed by atoms with Gasteiger partial charge in [-0.25, -0.2) is 4.99 Å². The molecule has 0 radical (unpaired) electrons. The molecule has 0 spiro atoms. The van der Waals surface area contributed by atoms with E-state index in [1.165, 1.54) is 29.2 Å². The summed E-state index contributed by atoms with van der Waals surface area (Å²) in [4.78, 5) is 31.2. The van der Waals surface area contributed by atoms with E-state index in [0.29, 0.717) is 23.2 Å². The number of amidine groups is 1. The van der Waals surface area contributed by atoms with Gasteiger partial charge in [0.25, 0.3) is 0 Å². The van der Waals surface area contributed by atoms with Crippen LogP contribution in [0, 0.1) is 0 Å². The van der Waals surface area contributed by atoms with Gasteiger partial charge in [0.05, 0.1) is 23.5 Å². The van der Waals surface area contributed by atoms with Crippen LogP contribution in [0.1, 0.15) is 18.9 Å². The van der Waals surface area contributed by atoms with Crippen molar-refractivity contribution in [3.05, 3.63) is 66.7 Å². The number of nitrogens with zero attached hydrogens (tertiary/aromatic N) is 2. The smallest absolute Gasteiger partial charge is 0.418 e. The summed E-state index contributed by atoms with van der Waals surface area (Å²) in [6.07, 6.45) is -3.38. The minimum atomic E-state index is -4.61. The van der Waals surface area contributed by atoms with E-state index in [9.17, 15) is 22.8 Å². The molecule has 1 fully saturated rings. The molecular formula is C23H22F3N3O3S. The summed E-state index contributed by atoms with van der Waals surface area (Å²) in [5.41, 5.74) is -0.710. The van der Waals surface area contributed by atoms with Crippen molar-refractivity contribution in [3.8, 4) is 5.75 Å². The highest BCUT2D eigenvalue weighted by Gasteiger charge is 2.39. The van der Waals surface area contributed by atoms with E-state index in [2.05, 4.69) is 16.9 Å². The molecule has 6 nitrogen and oxygen atoms in total. The van der Waals surface area contributed by atoms with E-state index in [0.717, 1.165) is 17.8 Å². The average Bonchev–Trinajstić information content (AvgIpc) is 3.04. The lowest BCUT2D eigenvalue weighted by molar-refractivity contribution is -0.137. The molecule has 0 aromatic heterocycles. The van der Waals surface area contributed by atoms with Gasteiger partial charge in [0.15, 0.2) is 5.17 Å².